The van der Waals surface area contributed by atoms with Crippen molar-refractivity contribution in [2.75, 3.05) is 0 Å². The van der Waals surface area contributed by atoms with Crippen LogP contribution in [0, 0.1) is 3.57 Å². The Kier molecular flexibility index (Phi) is 3.39. The Morgan fingerprint density at radius 1 is 1.50 bits per heavy atom. The number of benzene rings is 1. The number of rotatable bonds is 3. The van der Waals surface area contributed by atoms with E-state index in [1.54, 1.807) is 29.8 Å². The van der Waals surface area contributed by atoms with Gasteiger partial charge in [0.05, 0.1) is 0 Å². The van der Waals surface area contributed by atoms with Gasteiger partial charge >= 0.3 is 5.97 Å². The Labute approximate surface area is 109 Å². The molecule has 0 fully saturated rings. The van der Waals surface area contributed by atoms with E-state index in [0.717, 1.165) is 3.57 Å². The number of nitrogens with zero attached hydrogens (tertiary/aromatic N) is 1. The summed E-state index contributed by atoms with van der Waals surface area (Å²) in [6, 6.07) is 4.98. The number of halogens is 1. The zero-order valence-corrected chi connectivity index (χ0v) is 10.9. The van der Waals surface area contributed by atoms with Crippen LogP contribution in [0.15, 0.2) is 29.8 Å². The molecule has 1 aromatic carbocycles. The molecule has 1 N–H and O–H groups in total. The number of hydrogen-bond acceptors (Lipinski definition) is 4. The summed E-state index contributed by atoms with van der Waals surface area (Å²) >= 11 is 3.37. The van der Waals surface area contributed by atoms with Crippen molar-refractivity contribution in [3.63, 3.8) is 0 Å². The Morgan fingerprint density at radius 2 is 2.31 bits per heavy atom. The first-order chi connectivity index (χ1) is 7.66. The van der Waals surface area contributed by atoms with Crippen LogP contribution in [0.3, 0.4) is 0 Å². The number of carboxylic acids is 1. The first-order valence-electron chi connectivity index (χ1n) is 4.27. The summed E-state index contributed by atoms with van der Waals surface area (Å²) in [4.78, 5) is 14.9. The van der Waals surface area contributed by atoms with E-state index in [1.165, 1.54) is 11.3 Å². The van der Waals surface area contributed by atoms with Crippen molar-refractivity contribution >= 4 is 39.9 Å². The number of carboxylic acid groups (broad SMARTS) is 1. The molecule has 4 nitrogen and oxygen atoms in total. The lowest BCUT2D eigenvalue weighted by Gasteiger charge is -2.05. The van der Waals surface area contributed by atoms with Gasteiger partial charge in [0.2, 0.25) is 0 Å². The molecule has 82 valence electrons. The van der Waals surface area contributed by atoms with Crippen LogP contribution in [0.4, 0.5) is 0 Å². The molecule has 6 heteroatoms. The largest absolute Gasteiger partial charge is 0.478 e. The first-order valence-corrected chi connectivity index (χ1v) is 6.23. The second kappa shape index (κ2) is 4.79. The summed E-state index contributed by atoms with van der Waals surface area (Å²) in [6.07, 6.45) is 1.60. The molecule has 0 aliphatic rings. The number of thiazole rings is 1. The fourth-order valence-corrected chi connectivity index (χ4v) is 2.10. The van der Waals surface area contributed by atoms with Crippen LogP contribution in [0.2, 0.25) is 0 Å². The number of ether oxygens (including phenoxy) is 1. The summed E-state index contributed by atoms with van der Waals surface area (Å²) in [5, 5.41) is 11.2. The lowest BCUT2D eigenvalue weighted by atomic mass is 10.2. The SMILES string of the molecule is O=C(O)c1cc(I)ccc1Oc1nccs1. The maximum atomic E-state index is 11.0. The first kappa shape index (κ1) is 11.3. The van der Waals surface area contributed by atoms with Crippen LogP contribution in [0.25, 0.3) is 0 Å². The Bertz CT molecular complexity index is 513. The van der Waals surface area contributed by atoms with Crippen molar-refractivity contribution in [2.24, 2.45) is 0 Å². The maximum absolute atomic E-state index is 11.0. The molecule has 0 radical (unpaired) electrons. The Balaban J connectivity index is 2.36. The molecule has 1 aromatic heterocycles. The van der Waals surface area contributed by atoms with Crippen molar-refractivity contribution in [3.05, 3.63) is 38.9 Å². The summed E-state index contributed by atoms with van der Waals surface area (Å²) in [7, 11) is 0. The van der Waals surface area contributed by atoms with Crippen LogP contribution < -0.4 is 4.74 Å². The zero-order valence-electron chi connectivity index (χ0n) is 7.88. The van der Waals surface area contributed by atoms with Crippen molar-refractivity contribution in [3.8, 4) is 10.9 Å². The van der Waals surface area contributed by atoms with Crippen LogP contribution >= 0.6 is 33.9 Å². The highest BCUT2D eigenvalue weighted by molar-refractivity contribution is 14.1. The Hall–Kier alpha value is -1.15. The smallest absolute Gasteiger partial charge is 0.339 e. The fourth-order valence-electron chi connectivity index (χ4n) is 1.11. The standard InChI is InChI=1S/C10H6INO3S/c11-6-1-2-8(7(5-6)9(13)14)15-10-12-3-4-16-10/h1-5H,(H,13,14). The molecule has 0 saturated carbocycles. The topological polar surface area (TPSA) is 59.4 Å². The van der Waals surface area contributed by atoms with Gasteiger partial charge in [-0.3, -0.25) is 0 Å². The van der Waals surface area contributed by atoms with Gasteiger partial charge in [0.25, 0.3) is 5.19 Å². The minimum atomic E-state index is -1.01. The summed E-state index contributed by atoms with van der Waals surface area (Å²) < 4.78 is 6.24. The Morgan fingerprint density at radius 3 is 2.94 bits per heavy atom. The van der Waals surface area contributed by atoms with Gasteiger partial charge in [-0.25, -0.2) is 9.78 Å². The maximum Gasteiger partial charge on any atom is 0.339 e. The average molecular weight is 347 g/mol. The van der Waals surface area contributed by atoms with Crippen molar-refractivity contribution in [1.82, 2.24) is 4.98 Å². The van der Waals surface area contributed by atoms with Crippen molar-refractivity contribution in [1.29, 1.82) is 0 Å². The van der Waals surface area contributed by atoms with Crippen LogP contribution in [0.5, 0.6) is 10.9 Å². The normalized spacial score (nSPS) is 10.1. The molecule has 0 aliphatic carbocycles. The second-order valence-electron chi connectivity index (χ2n) is 2.85. The van der Waals surface area contributed by atoms with Gasteiger partial charge in [0.15, 0.2) is 0 Å². The molecule has 0 saturated heterocycles. The van der Waals surface area contributed by atoms with Crippen LogP contribution in [-0.2, 0) is 0 Å². The molecule has 0 amide bonds. The van der Waals surface area contributed by atoms with Gasteiger partial charge < -0.3 is 9.84 Å². The molecule has 0 bridgehead atoms. The number of aromatic nitrogens is 1. The van der Waals surface area contributed by atoms with Gasteiger partial charge in [0.1, 0.15) is 11.3 Å². The highest BCUT2D eigenvalue weighted by Gasteiger charge is 2.13. The summed E-state index contributed by atoms with van der Waals surface area (Å²) in [6.45, 7) is 0. The quantitative estimate of drug-likeness (QED) is 0.866. The van der Waals surface area contributed by atoms with E-state index in [1.807, 2.05) is 0 Å². The van der Waals surface area contributed by atoms with E-state index in [0.29, 0.717) is 10.9 Å². The van der Waals surface area contributed by atoms with E-state index >= 15 is 0 Å². The van der Waals surface area contributed by atoms with E-state index in [4.69, 9.17) is 9.84 Å². The molecule has 0 spiro atoms. The van der Waals surface area contributed by atoms with Gasteiger partial charge in [-0.05, 0) is 40.8 Å². The van der Waals surface area contributed by atoms with E-state index < -0.39 is 5.97 Å². The third-order valence-electron chi connectivity index (χ3n) is 1.78. The van der Waals surface area contributed by atoms with Gasteiger partial charge in [0, 0.05) is 15.1 Å². The van der Waals surface area contributed by atoms with Crippen molar-refractivity contribution < 1.29 is 14.6 Å². The van der Waals surface area contributed by atoms with Crippen LogP contribution in [0.1, 0.15) is 10.4 Å². The van der Waals surface area contributed by atoms with Gasteiger partial charge in [-0.2, -0.15) is 0 Å². The average Bonchev–Trinajstić information content (AvgIpc) is 2.73. The number of carbonyl (C=O) groups is 1. The zero-order chi connectivity index (χ0) is 11.5. The minimum absolute atomic E-state index is 0.141. The van der Waals surface area contributed by atoms with Crippen LogP contribution in [-0.4, -0.2) is 16.1 Å². The second-order valence-corrected chi connectivity index (χ2v) is 4.95. The minimum Gasteiger partial charge on any atom is -0.478 e. The molecule has 0 unspecified atom stereocenters. The monoisotopic (exact) mass is 347 g/mol. The third kappa shape index (κ3) is 2.50. The fraction of sp³-hybridized carbons (Fsp3) is 0. The number of hydrogen-bond donors (Lipinski definition) is 1. The molecule has 16 heavy (non-hydrogen) atoms. The summed E-state index contributed by atoms with van der Waals surface area (Å²) in [5.41, 5.74) is 0.141. The van der Waals surface area contributed by atoms with Gasteiger partial charge in [-0.15, -0.1) is 0 Å². The molecular formula is C10H6INO3S. The van der Waals surface area contributed by atoms with Gasteiger partial charge in [-0.1, -0.05) is 11.3 Å². The van der Waals surface area contributed by atoms with E-state index in [2.05, 4.69) is 27.6 Å². The molecular weight excluding hydrogens is 341 g/mol. The molecule has 1 heterocycles. The summed E-state index contributed by atoms with van der Waals surface area (Å²) in [5.74, 6) is -0.701. The molecule has 2 rings (SSSR count). The molecule has 0 atom stereocenters. The lowest BCUT2D eigenvalue weighted by Crippen LogP contribution is -2.00. The number of aromatic carboxylic acids is 1. The predicted molar refractivity (Wildman–Crippen MR) is 68.3 cm³/mol. The third-order valence-corrected chi connectivity index (χ3v) is 3.10. The lowest BCUT2D eigenvalue weighted by molar-refractivity contribution is 0.0694. The van der Waals surface area contributed by atoms with E-state index in [-0.39, 0.29) is 5.56 Å². The molecule has 2 aromatic rings. The predicted octanol–water partition coefficient (Wildman–Crippen LogP) is 3.24. The highest BCUT2D eigenvalue weighted by Crippen LogP contribution is 2.28. The highest BCUT2D eigenvalue weighted by atomic mass is 127. The van der Waals surface area contributed by atoms with Crippen molar-refractivity contribution in [2.45, 2.75) is 0 Å². The molecule has 0 aliphatic heterocycles. The van der Waals surface area contributed by atoms with E-state index in [9.17, 15) is 4.79 Å².